The standard InChI is InChI=1S/C25H25NO5/c1-30-18-12-6-15(7-13-18)14-26-22(16-8-10-17(27)11-9-16)21-23(28)19-4-2-3-5-20(19)31-24(21)25(26)29/h6-13,19-20,22,27H,2-5,14H2,1H3. The van der Waals surface area contributed by atoms with Crippen molar-refractivity contribution in [2.75, 3.05) is 7.11 Å². The molecule has 2 aromatic rings. The zero-order valence-electron chi connectivity index (χ0n) is 17.4. The highest BCUT2D eigenvalue weighted by Gasteiger charge is 2.51. The number of ketones is 1. The number of methoxy groups -OCH3 is 1. The van der Waals surface area contributed by atoms with Crippen molar-refractivity contribution in [2.45, 2.75) is 44.4 Å². The second-order valence-corrected chi connectivity index (χ2v) is 8.43. The van der Waals surface area contributed by atoms with Gasteiger partial charge in [0.15, 0.2) is 11.5 Å². The number of ether oxygens (including phenoxy) is 2. The maximum atomic E-state index is 13.5. The van der Waals surface area contributed by atoms with E-state index in [9.17, 15) is 14.7 Å². The summed E-state index contributed by atoms with van der Waals surface area (Å²) in [6, 6.07) is 13.7. The summed E-state index contributed by atoms with van der Waals surface area (Å²) in [6.45, 7) is 0.341. The number of nitrogens with zero attached hydrogens (tertiary/aromatic N) is 1. The largest absolute Gasteiger partial charge is 0.508 e. The SMILES string of the molecule is COc1ccc(CN2C(=O)C3=C(C(=O)C4CCCCC4O3)C2c2ccc(O)cc2)cc1. The Morgan fingerprint density at radius 1 is 1.03 bits per heavy atom. The summed E-state index contributed by atoms with van der Waals surface area (Å²) in [5.74, 6) is 0.700. The smallest absolute Gasteiger partial charge is 0.290 e. The fraction of sp³-hybridized carbons (Fsp3) is 0.360. The highest BCUT2D eigenvalue weighted by molar-refractivity contribution is 6.11. The average Bonchev–Trinajstić information content (AvgIpc) is 3.07. The molecule has 0 radical (unpaired) electrons. The van der Waals surface area contributed by atoms with Crippen molar-refractivity contribution in [2.24, 2.45) is 5.92 Å². The molecule has 2 aromatic carbocycles. The minimum atomic E-state index is -0.527. The van der Waals surface area contributed by atoms with Crippen LogP contribution in [0, 0.1) is 5.92 Å². The summed E-state index contributed by atoms with van der Waals surface area (Å²) in [4.78, 5) is 28.7. The molecule has 0 aromatic heterocycles. The lowest BCUT2D eigenvalue weighted by atomic mass is 9.77. The van der Waals surface area contributed by atoms with E-state index in [2.05, 4.69) is 0 Å². The van der Waals surface area contributed by atoms with E-state index in [0.717, 1.165) is 42.6 Å². The molecule has 0 bridgehead atoms. The van der Waals surface area contributed by atoms with Gasteiger partial charge in [0, 0.05) is 6.54 Å². The highest BCUT2D eigenvalue weighted by atomic mass is 16.5. The molecule has 31 heavy (non-hydrogen) atoms. The topological polar surface area (TPSA) is 76.1 Å². The lowest BCUT2D eigenvalue weighted by molar-refractivity contribution is -0.135. The van der Waals surface area contributed by atoms with Gasteiger partial charge in [-0.2, -0.15) is 0 Å². The Morgan fingerprint density at radius 2 is 1.74 bits per heavy atom. The zero-order chi connectivity index (χ0) is 21.5. The first kappa shape index (κ1) is 19.7. The molecule has 0 spiro atoms. The van der Waals surface area contributed by atoms with Crippen LogP contribution in [0.4, 0.5) is 0 Å². The number of hydrogen-bond donors (Lipinski definition) is 1. The van der Waals surface area contributed by atoms with E-state index in [1.807, 2.05) is 24.3 Å². The summed E-state index contributed by atoms with van der Waals surface area (Å²) in [5.41, 5.74) is 2.19. The minimum Gasteiger partial charge on any atom is -0.508 e. The molecule has 1 saturated carbocycles. The molecule has 160 valence electrons. The van der Waals surface area contributed by atoms with Gasteiger partial charge in [0.1, 0.15) is 17.6 Å². The van der Waals surface area contributed by atoms with Gasteiger partial charge in [0.2, 0.25) is 0 Å². The number of hydrogen-bond acceptors (Lipinski definition) is 5. The molecule has 3 aliphatic rings. The molecule has 6 nitrogen and oxygen atoms in total. The molecule has 6 heteroatoms. The zero-order valence-corrected chi connectivity index (χ0v) is 17.4. The average molecular weight is 419 g/mol. The van der Waals surface area contributed by atoms with E-state index in [1.165, 1.54) is 0 Å². The number of aromatic hydroxyl groups is 1. The first-order valence-electron chi connectivity index (χ1n) is 10.7. The predicted octanol–water partition coefficient (Wildman–Crippen LogP) is 3.90. The first-order chi connectivity index (χ1) is 15.1. The van der Waals surface area contributed by atoms with Gasteiger partial charge in [0.05, 0.1) is 24.6 Å². The molecule has 3 atom stereocenters. The Bertz CT molecular complexity index is 1040. The number of benzene rings is 2. The number of phenols is 1. The van der Waals surface area contributed by atoms with Crippen LogP contribution in [0.3, 0.4) is 0 Å². The number of carbonyl (C=O) groups excluding carboxylic acids is 2. The quantitative estimate of drug-likeness (QED) is 0.814. The Morgan fingerprint density at radius 3 is 2.45 bits per heavy atom. The van der Waals surface area contributed by atoms with E-state index in [1.54, 1.807) is 36.3 Å². The summed E-state index contributed by atoms with van der Waals surface area (Å²) in [7, 11) is 1.61. The fourth-order valence-electron chi connectivity index (χ4n) is 4.99. The van der Waals surface area contributed by atoms with Crippen LogP contribution in [0.5, 0.6) is 11.5 Å². The normalized spacial score (nSPS) is 25.2. The Labute approximate surface area is 181 Å². The summed E-state index contributed by atoms with van der Waals surface area (Å²) in [5, 5.41) is 9.74. The van der Waals surface area contributed by atoms with E-state index in [-0.39, 0.29) is 35.2 Å². The maximum Gasteiger partial charge on any atom is 0.290 e. The first-order valence-corrected chi connectivity index (χ1v) is 10.7. The van der Waals surface area contributed by atoms with Crippen molar-refractivity contribution in [3.8, 4) is 11.5 Å². The van der Waals surface area contributed by atoms with Crippen molar-refractivity contribution in [1.82, 2.24) is 4.90 Å². The van der Waals surface area contributed by atoms with Gasteiger partial charge >= 0.3 is 0 Å². The van der Waals surface area contributed by atoms with Gasteiger partial charge in [-0.05, 0) is 54.7 Å². The van der Waals surface area contributed by atoms with Crippen LogP contribution in [0.15, 0.2) is 59.9 Å². The van der Waals surface area contributed by atoms with Crippen LogP contribution in [-0.2, 0) is 20.9 Å². The van der Waals surface area contributed by atoms with Gasteiger partial charge in [-0.3, -0.25) is 9.59 Å². The van der Waals surface area contributed by atoms with Crippen LogP contribution in [0.2, 0.25) is 0 Å². The highest BCUT2D eigenvalue weighted by Crippen LogP contribution is 2.47. The van der Waals surface area contributed by atoms with Crippen molar-refractivity contribution in [3.63, 3.8) is 0 Å². The fourth-order valence-corrected chi connectivity index (χ4v) is 4.99. The summed E-state index contributed by atoms with van der Waals surface area (Å²) >= 11 is 0. The lowest BCUT2D eigenvalue weighted by Crippen LogP contribution is -2.39. The Balaban J connectivity index is 1.55. The molecule has 1 aliphatic carbocycles. The Kier molecular flexibility index (Phi) is 4.93. The third-order valence-electron chi connectivity index (χ3n) is 6.58. The molecular weight excluding hydrogens is 394 g/mol. The van der Waals surface area contributed by atoms with E-state index >= 15 is 0 Å². The summed E-state index contributed by atoms with van der Waals surface area (Å²) < 4.78 is 11.4. The molecule has 0 saturated heterocycles. The number of rotatable bonds is 4. The number of fused-ring (bicyclic) bond motifs is 1. The number of phenolic OH excluding ortho intramolecular Hbond substituents is 1. The van der Waals surface area contributed by atoms with Crippen molar-refractivity contribution in [3.05, 3.63) is 71.0 Å². The molecule has 5 rings (SSSR count). The Hall–Kier alpha value is -3.28. The minimum absolute atomic E-state index is 0.0367. The van der Waals surface area contributed by atoms with Gasteiger partial charge in [-0.15, -0.1) is 0 Å². The molecular formula is C25H25NO5. The third kappa shape index (κ3) is 3.36. The number of Topliss-reactive ketones (excluding diaryl/α,β-unsaturated/α-hetero) is 1. The van der Waals surface area contributed by atoms with Gasteiger partial charge < -0.3 is 19.5 Å². The van der Waals surface area contributed by atoms with Gasteiger partial charge in [-0.25, -0.2) is 0 Å². The second-order valence-electron chi connectivity index (χ2n) is 8.43. The number of amides is 1. The van der Waals surface area contributed by atoms with Crippen LogP contribution in [-0.4, -0.2) is 34.9 Å². The van der Waals surface area contributed by atoms with Crippen molar-refractivity contribution in [1.29, 1.82) is 0 Å². The van der Waals surface area contributed by atoms with Crippen molar-refractivity contribution >= 4 is 11.7 Å². The van der Waals surface area contributed by atoms with E-state index < -0.39 is 6.04 Å². The second kappa shape index (κ2) is 7.76. The molecule has 1 N–H and O–H groups in total. The third-order valence-corrected chi connectivity index (χ3v) is 6.58. The van der Waals surface area contributed by atoms with Gasteiger partial charge in [0.25, 0.3) is 5.91 Å². The monoisotopic (exact) mass is 419 g/mol. The van der Waals surface area contributed by atoms with Crippen LogP contribution >= 0.6 is 0 Å². The van der Waals surface area contributed by atoms with Crippen molar-refractivity contribution < 1.29 is 24.2 Å². The van der Waals surface area contributed by atoms with Crippen LogP contribution in [0.1, 0.15) is 42.9 Å². The predicted molar refractivity (Wildman–Crippen MR) is 113 cm³/mol. The van der Waals surface area contributed by atoms with Gasteiger partial charge in [-0.1, -0.05) is 30.7 Å². The lowest BCUT2D eigenvalue weighted by Gasteiger charge is -2.35. The molecule has 2 aliphatic heterocycles. The van der Waals surface area contributed by atoms with E-state index in [4.69, 9.17) is 9.47 Å². The van der Waals surface area contributed by atoms with Crippen LogP contribution < -0.4 is 4.74 Å². The molecule has 1 fully saturated rings. The summed E-state index contributed by atoms with van der Waals surface area (Å²) in [6.07, 6.45) is 3.43. The maximum absolute atomic E-state index is 13.5. The molecule has 2 heterocycles. The van der Waals surface area contributed by atoms with Crippen LogP contribution in [0.25, 0.3) is 0 Å². The molecule has 1 amide bonds. The molecule has 3 unspecified atom stereocenters. The van der Waals surface area contributed by atoms with E-state index in [0.29, 0.717) is 12.1 Å². The number of carbonyl (C=O) groups is 2.